The maximum absolute atomic E-state index is 13.7. The summed E-state index contributed by atoms with van der Waals surface area (Å²) < 4.78 is 33.7. The summed E-state index contributed by atoms with van der Waals surface area (Å²) in [5.41, 5.74) is 2.00. The maximum atomic E-state index is 13.7. The highest BCUT2D eigenvalue weighted by Gasteiger charge is 2.28. The van der Waals surface area contributed by atoms with Crippen LogP contribution in [0, 0.1) is 18.6 Å². The van der Waals surface area contributed by atoms with Crippen molar-refractivity contribution in [2.24, 2.45) is 0 Å². The van der Waals surface area contributed by atoms with E-state index < -0.39 is 11.6 Å². The van der Waals surface area contributed by atoms with Gasteiger partial charge < -0.3 is 4.74 Å². The molecule has 0 aliphatic heterocycles. The zero-order valence-corrected chi connectivity index (χ0v) is 15.7. The van der Waals surface area contributed by atoms with E-state index in [-0.39, 0.29) is 23.6 Å². The van der Waals surface area contributed by atoms with Crippen molar-refractivity contribution in [2.75, 3.05) is 0 Å². The molecule has 0 aromatic carbocycles. The summed E-state index contributed by atoms with van der Waals surface area (Å²) in [6, 6.07) is 5.41. The van der Waals surface area contributed by atoms with Crippen molar-refractivity contribution in [1.82, 2.24) is 14.5 Å². The minimum atomic E-state index is -0.800. The average molecular weight is 404 g/mol. The molecule has 1 aliphatic carbocycles. The molecule has 144 valence electrons. The molecule has 0 saturated heterocycles. The topological polar surface area (TPSA) is 57.0 Å². The van der Waals surface area contributed by atoms with E-state index in [2.05, 4.69) is 9.97 Å². The van der Waals surface area contributed by atoms with Gasteiger partial charge in [0.15, 0.2) is 5.82 Å². The van der Waals surface area contributed by atoms with Gasteiger partial charge in [-0.25, -0.2) is 13.8 Å². The van der Waals surface area contributed by atoms with E-state index in [9.17, 15) is 13.6 Å². The van der Waals surface area contributed by atoms with Crippen molar-refractivity contribution in [2.45, 2.75) is 32.3 Å². The molecule has 0 bridgehead atoms. The van der Waals surface area contributed by atoms with Gasteiger partial charge >= 0.3 is 0 Å². The Labute approximate surface area is 164 Å². The second-order valence-corrected chi connectivity index (χ2v) is 7.10. The number of pyridine rings is 3. The first-order chi connectivity index (χ1) is 13.4. The van der Waals surface area contributed by atoms with Crippen molar-refractivity contribution in [1.29, 1.82) is 0 Å². The number of hydrogen-bond acceptors (Lipinski definition) is 4. The van der Waals surface area contributed by atoms with Gasteiger partial charge in [0, 0.05) is 30.1 Å². The first kappa shape index (κ1) is 18.6. The van der Waals surface area contributed by atoms with E-state index in [1.54, 1.807) is 29.8 Å². The fraction of sp³-hybridized carbons (Fsp3) is 0.250. The molecule has 0 amide bonds. The molecule has 3 aromatic rings. The Hall–Kier alpha value is -2.80. The fourth-order valence-electron chi connectivity index (χ4n) is 3.10. The van der Waals surface area contributed by atoms with Crippen molar-refractivity contribution < 1.29 is 13.5 Å². The van der Waals surface area contributed by atoms with Crippen LogP contribution in [0.25, 0.3) is 5.69 Å². The Kier molecular flexibility index (Phi) is 4.85. The van der Waals surface area contributed by atoms with Crippen LogP contribution >= 0.6 is 11.6 Å². The Bertz CT molecular complexity index is 1110. The highest BCUT2D eigenvalue weighted by molar-refractivity contribution is 6.29. The summed E-state index contributed by atoms with van der Waals surface area (Å²) in [5.74, 6) is -0.903. The van der Waals surface area contributed by atoms with Gasteiger partial charge in [-0.05, 0) is 37.3 Å². The minimum Gasteiger partial charge on any atom is -0.487 e. The summed E-state index contributed by atoms with van der Waals surface area (Å²) in [6.45, 7) is 1.55. The number of halogens is 3. The Morgan fingerprint density at radius 3 is 2.64 bits per heavy atom. The lowest BCUT2D eigenvalue weighted by Gasteiger charge is -2.16. The summed E-state index contributed by atoms with van der Waals surface area (Å²) in [5, 5.41) is 0.309. The Balaban J connectivity index is 1.64. The Morgan fingerprint density at radius 1 is 1.18 bits per heavy atom. The first-order valence-corrected chi connectivity index (χ1v) is 9.12. The molecule has 0 atom stereocenters. The second kappa shape index (κ2) is 7.31. The predicted octanol–water partition coefficient (Wildman–Crippen LogP) is 4.32. The van der Waals surface area contributed by atoms with Gasteiger partial charge in [0.1, 0.15) is 29.0 Å². The molecule has 0 radical (unpaired) electrons. The zero-order chi connectivity index (χ0) is 19.8. The largest absolute Gasteiger partial charge is 0.487 e. The lowest BCUT2D eigenvalue weighted by molar-refractivity contribution is 0.292. The molecular formula is C20H16ClF2N3O2. The monoisotopic (exact) mass is 403 g/mol. The van der Waals surface area contributed by atoms with Crippen molar-refractivity contribution >= 4 is 11.6 Å². The SMILES string of the molecule is Cc1cc(OCc2ncc(F)cc2F)cc(=O)n1-c1cc(Cl)ncc1C1CC1. The van der Waals surface area contributed by atoms with Crippen LogP contribution in [-0.2, 0) is 6.61 Å². The molecule has 1 aliphatic rings. The highest BCUT2D eigenvalue weighted by atomic mass is 35.5. The lowest BCUT2D eigenvalue weighted by Crippen LogP contribution is -2.21. The van der Waals surface area contributed by atoms with Gasteiger partial charge in [-0.15, -0.1) is 0 Å². The summed E-state index contributed by atoms with van der Waals surface area (Å²) in [4.78, 5) is 20.6. The molecular weight excluding hydrogens is 388 g/mol. The third-order valence-corrected chi connectivity index (χ3v) is 4.79. The standard InChI is InChI=1S/C20H16ClF2N3O2/c1-11-4-14(28-10-17-16(23)5-13(22)8-24-17)6-20(27)26(11)18-7-19(21)25-9-15(18)12-2-3-12/h4-9,12H,2-3,10H2,1H3. The van der Waals surface area contributed by atoms with Gasteiger partial charge in [0.2, 0.25) is 0 Å². The first-order valence-electron chi connectivity index (χ1n) is 8.74. The number of aryl methyl sites for hydroxylation is 1. The molecule has 5 nitrogen and oxygen atoms in total. The molecule has 0 unspecified atom stereocenters. The lowest BCUT2D eigenvalue weighted by atomic mass is 10.1. The molecule has 4 rings (SSSR count). The smallest absolute Gasteiger partial charge is 0.259 e. The molecule has 3 aromatic heterocycles. The van der Waals surface area contributed by atoms with Gasteiger partial charge in [0.25, 0.3) is 5.56 Å². The van der Waals surface area contributed by atoms with Crippen LogP contribution in [0.2, 0.25) is 5.15 Å². The van der Waals surface area contributed by atoms with E-state index >= 15 is 0 Å². The number of nitrogens with zero attached hydrogens (tertiary/aromatic N) is 3. The van der Waals surface area contributed by atoms with Gasteiger partial charge in [0.05, 0.1) is 11.9 Å². The maximum Gasteiger partial charge on any atom is 0.259 e. The van der Waals surface area contributed by atoms with Gasteiger partial charge in [-0.1, -0.05) is 11.6 Å². The molecule has 3 heterocycles. The summed E-state index contributed by atoms with van der Waals surface area (Å²) in [7, 11) is 0. The summed E-state index contributed by atoms with van der Waals surface area (Å²) >= 11 is 6.05. The van der Waals surface area contributed by atoms with Crippen LogP contribution in [-0.4, -0.2) is 14.5 Å². The van der Waals surface area contributed by atoms with Crippen LogP contribution in [0.4, 0.5) is 8.78 Å². The third kappa shape index (κ3) is 3.75. The molecule has 1 fully saturated rings. The zero-order valence-electron chi connectivity index (χ0n) is 15.0. The van der Waals surface area contributed by atoms with Crippen molar-refractivity contribution in [3.05, 3.63) is 80.8 Å². The van der Waals surface area contributed by atoms with Gasteiger partial charge in [-0.2, -0.15) is 0 Å². The molecule has 28 heavy (non-hydrogen) atoms. The van der Waals surface area contributed by atoms with Crippen LogP contribution in [0.5, 0.6) is 5.75 Å². The van der Waals surface area contributed by atoms with Crippen LogP contribution < -0.4 is 10.3 Å². The normalized spacial score (nSPS) is 13.6. The van der Waals surface area contributed by atoms with E-state index in [1.165, 1.54) is 6.07 Å². The van der Waals surface area contributed by atoms with Crippen molar-refractivity contribution in [3.63, 3.8) is 0 Å². The fourth-order valence-corrected chi connectivity index (χ4v) is 3.25. The minimum absolute atomic E-state index is 0.0415. The molecule has 8 heteroatoms. The number of rotatable bonds is 5. The van der Waals surface area contributed by atoms with Crippen LogP contribution in [0.15, 0.2) is 41.5 Å². The molecule has 1 saturated carbocycles. The van der Waals surface area contributed by atoms with Crippen LogP contribution in [0.3, 0.4) is 0 Å². The number of aromatic nitrogens is 3. The predicted molar refractivity (Wildman–Crippen MR) is 100 cm³/mol. The van der Waals surface area contributed by atoms with Gasteiger partial charge in [-0.3, -0.25) is 14.3 Å². The molecule has 0 N–H and O–H groups in total. The summed E-state index contributed by atoms with van der Waals surface area (Å²) in [6.07, 6.45) is 4.75. The second-order valence-electron chi connectivity index (χ2n) is 6.72. The highest BCUT2D eigenvalue weighted by Crippen LogP contribution is 2.42. The number of hydrogen-bond donors (Lipinski definition) is 0. The average Bonchev–Trinajstić information content (AvgIpc) is 3.45. The van der Waals surface area contributed by atoms with Crippen molar-refractivity contribution in [3.8, 4) is 11.4 Å². The van der Waals surface area contributed by atoms with E-state index in [4.69, 9.17) is 16.3 Å². The Morgan fingerprint density at radius 2 is 1.96 bits per heavy atom. The molecule has 0 spiro atoms. The van der Waals surface area contributed by atoms with E-state index in [1.807, 2.05) is 0 Å². The quantitative estimate of drug-likeness (QED) is 0.595. The number of ether oxygens (including phenoxy) is 1. The van der Waals surface area contributed by atoms with Crippen LogP contribution in [0.1, 0.15) is 35.7 Å². The third-order valence-electron chi connectivity index (χ3n) is 4.59. The van der Waals surface area contributed by atoms with E-state index in [0.29, 0.717) is 22.5 Å². The van der Waals surface area contributed by atoms with E-state index in [0.717, 1.165) is 30.7 Å².